The van der Waals surface area contributed by atoms with E-state index in [0.717, 1.165) is 29.0 Å². The minimum absolute atomic E-state index is 0.149. The number of halogens is 2. The van der Waals surface area contributed by atoms with E-state index in [-0.39, 0.29) is 24.4 Å². The molecule has 3 aromatic carbocycles. The molecule has 3 aromatic rings. The van der Waals surface area contributed by atoms with E-state index in [1.54, 1.807) is 0 Å². The van der Waals surface area contributed by atoms with Gasteiger partial charge >= 0.3 is 0 Å². The first kappa shape index (κ1) is 22.9. The number of benzene rings is 3. The Morgan fingerprint density at radius 3 is 2.28 bits per heavy atom. The van der Waals surface area contributed by atoms with Crippen LogP contribution in [-0.4, -0.2) is 18.4 Å². The number of hydrogen-bond donors (Lipinski definition) is 2. The van der Waals surface area contributed by atoms with Crippen molar-refractivity contribution < 1.29 is 23.1 Å². The summed E-state index contributed by atoms with van der Waals surface area (Å²) in [4.78, 5) is 23.9. The highest BCUT2D eigenvalue weighted by Crippen LogP contribution is 2.12. The van der Waals surface area contributed by atoms with E-state index in [0.29, 0.717) is 25.6 Å². The monoisotopic (exact) mass is 438 g/mol. The van der Waals surface area contributed by atoms with E-state index in [1.165, 1.54) is 0 Å². The number of ether oxygens (including phenoxy) is 1. The van der Waals surface area contributed by atoms with Crippen LogP contribution in [-0.2, 0) is 17.9 Å². The zero-order chi connectivity index (χ0) is 22.8. The summed E-state index contributed by atoms with van der Waals surface area (Å²) in [6.45, 7) is 1.06. The molecule has 0 aliphatic carbocycles. The van der Waals surface area contributed by atoms with Gasteiger partial charge in [-0.25, -0.2) is 8.78 Å². The lowest BCUT2D eigenvalue weighted by atomic mass is 10.1. The summed E-state index contributed by atoms with van der Waals surface area (Å²) in [6.07, 6.45) is 0.616. The molecule has 3 rings (SSSR count). The summed E-state index contributed by atoms with van der Waals surface area (Å²) in [5.74, 6) is -1.64. The third-order valence-electron chi connectivity index (χ3n) is 4.70. The Bertz CT molecular complexity index is 1040. The lowest BCUT2D eigenvalue weighted by Crippen LogP contribution is -2.28. The van der Waals surface area contributed by atoms with E-state index in [2.05, 4.69) is 10.6 Å². The molecule has 32 heavy (non-hydrogen) atoms. The number of nitrogens with one attached hydrogen (secondary N) is 2. The Labute approximate surface area is 185 Å². The molecule has 0 atom stereocenters. The SMILES string of the molecule is O=C(CCCNC(=O)c1ccc(F)cc1F)NCc1ccc(COc2ccccc2)cc1. The smallest absolute Gasteiger partial charge is 0.254 e. The second-order valence-corrected chi connectivity index (χ2v) is 7.18. The van der Waals surface area contributed by atoms with Crippen LogP contribution in [0.25, 0.3) is 0 Å². The molecule has 0 spiro atoms. The van der Waals surface area contributed by atoms with Crippen LogP contribution in [0.1, 0.15) is 34.3 Å². The maximum atomic E-state index is 13.6. The van der Waals surface area contributed by atoms with E-state index in [4.69, 9.17) is 4.74 Å². The van der Waals surface area contributed by atoms with Crippen molar-refractivity contribution in [2.45, 2.75) is 26.0 Å². The largest absolute Gasteiger partial charge is 0.489 e. The molecule has 5 nitrogen and oxygen atoms in total. The van der Waals surface area contributed by atoms with Crippen LogP contribution in [0.2, 0.25) is 0 Å². The number of carbonyl (C=O) groups excluding carboxylic acids is 2. The molecule has 0 bridgehead atoms. The summed E-state index contributed by atoms with van der Waals surface area (Å²) in [7, 11) is 0. The van der Waals surface area contributed by atoms with E-state index in [1.807, 2.05) is 54.6 Å². The maximum absolute atomic E-state index is 13.6. The summed E-state index contributed by atoms with van der Waals surface area (Å²) in [6, 6.07) is 20.1. The predicted molar refractivity (Wildman–Crippen MR) is 117 cm³/mol. The quantitative estimate of drug-likeness (QED) is 0.462. The van der Waals surface area contributed by atoms with Crippen LogP contribution in [0.3, 0.4) is 0 Å². The Morgan fingerprint density at radius 1 is 0.844 bits per heavy atom. The highest BCUT2D eigenvalue weighted by Gasteiger charge is 2.12. The van der Waals surface area contributed by atoms with Gasteiger partial charge in [-0.15, -0.1) is 0 Å². The standard InChI is InChI=1S/C25H24F2N2O3/c26-20-12-13-22(23(27)15-20)25(31)28-14-4-7-24(30)29-16-18-8-10-19(11-9-18)17-32-21-5-2-1-3-6-21/h1-3,5-6,8-13,15H,4,7,14,16-17H2,(H,28,31)(H,29,30). The van der Waals surface area contributed by atoms with Crippen LogP contribution in [0.15, 0.2) is 72.8 Å². The van der Waals surface area contributed by atoms with Gasteiger partial charge in [-0.1, -0.05) is 42.5 Å². The third kappa shape index (κ3) is 7.19. The molecule has 166 valence electrons. The highest BCUT2D eigenvalue weighted by molar-refractivity contribution is 5.94. The lowest BCUT2D eigenvalue weighted by molar-refractivity contribution is -0.121. The number of amides is 2. The fourth-order valence-electron chi connectivity index (χ4n) is 2.95. The minimum atomic E-state index is -0.919. The van der Waals surface area contributed by atoms with Gasteiger partial charge in [0, 0.05) is 25.6 Å². The van der Waals surface area contributed by atoms with Gasteiger partial charge in [0.15, 0.2) is 0 Å². The van der Waals surface area contributed by atoms with Crippen LogP contribution >= 0.6 is 0 Å². The molecule has 0 saturated carbocycles. The van der Waals surface area contributed by atoms with Gasteiger partial charge in [0.25, 0.3) is 5.91 Å². The summed E-state index contributed by atoms with van der Waals surface area (Å²) in [5.41, 5.74) is 1.76. The van der Waals surface area contributed by atoms with Crippen molar-refractivity contribution in [2.75, 3.05) is 6.54 Å². The van der Waals surface area contributed by atoms with Gasteiger partial charge in [0.05, 0.1) is 5.56 Å². The van der Waals surface area contributed by atoms with Crippen LogP contribution in [0.4, 0.5) is 8.78 Å². The molecular formula is C25H24F2N2O3. The average Bonchev–Trinajstić information content (AvgIpc) is 2.80. The van der Waals surface area contributed by atoms with Gasteiger partial charge in [-0.3, -0.25) is 9.59 Å². The summed E-state index contributed by atoms with van der Waals surface area (Å²) >= 11 is 0. The molecular weight excluding hydrogens is 414 g/mol. The number of para-hydroxylation sites is 1. The molecule has 7 heteroatoms. The topological polar surface area (TPSA) is 67.4 Å². The molecule has 0 heterocycles. The molecule has 2 amide bonds. The number of carbonyl (C=O) groups is 2. The first-order valence-corrected chi connectivity index (χ1v) is 10.3. The molecule has 0 saturated heterocycles. The molecule has 0 radical (unpaired) electrons. The van der Waals surface area contributed by atoms with Gasteiger partial charge in [0.2, 0.25) is 5.91 Å². The maximum Gasteiger partial charge on any atom is 0.254 e. The summed E-state index contributed by atoms with van der Waals surface area (Å²) < 4.78 is 32.2. The van der Waals surface area contributed by atoms with E-state index in [9.17, 15) is 18.4 Å². The van der Waals surface area contributed by atoms with Crippen LogP contribution < -0.4 is 15.4 Å². The average molecular weight is 438 g/mol. The van der Waals surface area contributed by atoms with Crippen molar-refractivity contribution in [2.24, 2.45) is 0 Å². The third-order valence-corrected chi connectivity index (χ3v) is 4.70. The zero-order valence-corrected chi connectivity index (χ0v) is 17.4. The molecule has 0 aliphatic rings. The first-order valence-electron chi connectivity index (χ1n) is 10.3. The second kappa shape index (κ2) is 11.6. The van der Waals surface area contributed by atoms with Crippen molar-refractivity contribution in [3.63, 3.8) is 0 Å². The van der Waals surface area contributed by atoms with Crippen molar-refractivity contribution in [3.05, 3.63) is 101 Å². The Kier molecular flexibility index (Phi) is 8.31. The fraction of sp³-hybridized carbons (Fsp3) is 0.200. The second-order valence-electron chi connectivity index (χ2n) is 7.18. The Hall–Kier alpha value is -3.74. The van der Waals surface area contributed by atoms with Gasteiger partial charge in [-0.05, 0) is 41.8 Å². The van der Waals surface area contributed by atoms with Crippen molar-refractivity contribution in [3.8, 4) is 5.75 Å². The molecule has 0 aromatic heterocycles. The summed E-state index contributed by atoms with van der Waals surface area (Å²) in [5, 5.41) is 5.35. The molecule has 0 unspecified atom stereocenters. The normalized spacial score (nSPS) is 10.4. The molecule has 2 N–H and O–H groups in total. The van der Waals surface area contributed by atoms with E-state index >= 15 is 0 Å². The zero-order valence-electron chi connectivity index (χ0n) is 17.4. The minimum Gasteiger partial charge on any atom is -0.489 e. The van der Waals surface area contributed by atoms with Crippen molar-refractivity contribution >= 4 is 11.8 Å². The van der Waals surface area contributed by atoms with Gasteiger partial charge in [-0.2, -0.15) is 0 Å². The van der Waals surface area contributed by atoms with Crippen molar-refractivity contribution in [1.29, 1.82) is 0 Å². The Balaban J connectivity index is 1.32. The van der Waals surface area contributed by atoms with Crippen molar-refractivity contribution in [1.82, 2.24) is 10.6 Å². The number of rotatable bonds is 10. The fourth-order valence-corrected chi connectivity index (χ4v) is 2.95. The first-order chi connectivity index (χ1) is 15.5. The van der Waals surface area contributed by atoms with Crippen LogP contribution in [0.5, 0.6) is 5.75 Å². The van der Waals surface area contributed by atoms with E-state index < -0.39 is 17.5 Å². The predicted octanol–water partition coefficient (Wildman–Crippen LogP) is 4.37. The highest BCUT2D eigenvalue weighted by atomic mass is 19.1. The molecule has 0 aliphatic heterocycles. The number of hydrogen-bond acceptors (Lipinski definition) is 3. The van der Waals surface area contributed by atoms with Gasteiger partial charge < -0.3 is 15.4 Å². The van der Waals surface area contributed by atoms with Gasteiger partial charge in [0.1, 0.15) is 24.0 Å². The Morgan fingerprint density at radius 2 is 1.56 bits per heavy atom. The lowest BCUT2D eigenvalue weighted by Gasteiger charge is -2.09. The molecule has 0 fully saturated rings. The van der Waals surface area contributed by atoms with Crippen LogP contribution in [0, 0.1) is 11.6 Å².